The van der Waals surface area contributed by atoms with E-state index in [0.717, 1.165) is 18.6 Å². The van der Waals surface area contributed by atoms with Crippen molar-refractivity contribution in [3.8, 4) is 5.75 Å². The van der Waals surface area contributed by atoms with Crippen LogP contribution in [0.5, 0.6) is 5.75 Å². The monoisotopic (exact) mass is 221 g/mol. The van der Waals surface area contributed by atoms with Gasteiger partial charge in [-0.2, -0.15) is 0 Å². The lowest BCUT2D eigenvalue weighted by atomic mass is 9.60. The van der Waals surface area contributed by atoms with E-state index in [1.54, 1.807) is 7.11 Å². The largest absolute Gasteiger partial charge is 0.496 e. The summed E-state index contributed by atoms with van der Waals surface area (Å²) in [4.78, 5) is 0. The van der Waals surface area contributed by atoms with E-state index in [9.17, 15) is 5.11 Å². The quantitative estimate of drug-likeness (QED) is 0.810. The van der Waals surface area contributed by atoms with Gasteiger partial charge in [-0.1, -0.05) is 18.2 Å². The lowest BCUT2D eigenvalue weighted by Crippen LogP contribution is -2.45. The second-order valence-electron chi connectivity index (χ2n) is 4.71. The summed E-state index contributed by atoms with van der Waals surface area (Å²) >= 11 is 0. The van der Waals surface area contributed by atoms with Crippen LogP contribution >= 0.6 is 0 Å². The predicted octanol–water partition coefficient (Wildman–Crippen LogP) is 1.51. The normalized spacial score (nSPS) is 28.6. The number of aliphatic hydroxyl groups excluding tert-OH is 1. The fraction of sp³-hybridized carbons (Fsp3) is 0.538. The molecule has 1 aliphatic rings. The van der Waals surface area contributed by atoms with Crippen LogP contribution in [0.1, 0.15) is 24.3 Å². The fourth-order valence-electron chi connectivity index (χ4n) is 2.57. The minimum Gasteiger partial charge on any atom is -0.496 e. The molecule has 16 heavy (non-hydrogen) atoms. The number of aliphatic hydroxyl groups is 1. The van der Waals surface area contributed by atoms with Crippen LogP contribution in [-0.2, 0) is 0 Å². The second-order valence-corrected chi connectivity index (χ2v) is 4.71. The summed E-state index contributed by atoms with van der Waals surface area (Å²) in [5.41, 5.74) is 6.89. The molecule has 0 bridgehead atoms. The first-order chi connectivity index (χ1) is 7.74. The predicted molar refractivity (Wildman–Crippen MR) is 63.5 cm³/mol. The van der Waals surface area contributed by atoms with Crippen LogP contribution in [0.15, 0.2) is 24.3 Å². The van der Waals surface area contributed by atoms with Gasteiger partial charge >= 0.3 is 0 Å². The Labute approximate surface area is 96.2 Å². The second kappa shape index (κ2) is 4.44. The Morgan fingerprint density at radius 3 is 2.69 bits per heavy atom. The zero-order valence-electron chi connectivity index (χ0n) is 9.65. The summed E-state index contributed by atoms with van der Waals surface area (Å²) in [6, 6.07) is 8.08. The molecule has 0 unspecified atom stereocenters. The third-order valence-corrected chi connectivity index (χ3v) is 3.71. The smallest absolute Gasteiger partial charge is 0.122 e. The topological polar surface area (TPSA) is 55.5 Å². The SMILES string of the molecule is COc1ccccc1C1CC(CN)(CO)C1. The van der Waals surface area contributed by atoms with Crippen molar-refractivity contribution in [3.05, 3.63) is 29.8 Å². The molecule has 2 rings (SSSR count). The van der Waals surface area contributed by atoms with E-state index in [4.69, 9.17) is 10.5 Å². The Bertz CT molecular complexity index is 353. The van der Waals surface area contributed by atoms with Gasteiger partial charge in [-0.25, -0.2) is 0 Å². The molecule has 1 fully saturated rings. The summed E-state index contributed by atoms with van der Waals surface area (Å²) in [6.45, 7) is 0.754. The molecule has 1 saturated carbocycles. The van der Waals surface area contributed by atoms with Crippen molar-refractivity contribution in [2.75, 3.05) is 20.3 Å². The van der Waals surface area contributed by atoms with Gasteiger partial charge in [0.15, 0.2) is 0 Å². The van der Waals surface area contributed by atoms with Crippen LogP contribution < -0.4 is 10.5 Å². The first-order valence-electron chi connectivity index (χ1n) is 5.68. The van der Waals surface area contributed by atoms with Crippen molar-refractivity contribution in [1.29, 1.82) is 0 Å². The van der Waals surface area contributed by atoms with Crippen LogP contribution in [0, 0.1) is 5.41 Å². The van der Waals surface area contributed by atoms with Gasteiger partial charge < -0.3 is 15.6 Å². The average molecular weight is 221 g/mol. The maximum Gasteiger partial charge on any atom is 0.122 e. The third kappa shape index (κ3) is 1.81. The highest BCUT2D eigenvalue weighted by molar-refractivity contribution is 5.38. The number of para-hydroxylation sites is 1. The van der Waals surface area contributed by atoms with Crippen LogP contribution in [0.25, 0.3) is 0 Å². The minimum atomic E-state index is -0.0501. The first-order valence-corrected chi connectivity index (χ1v) is 5.68. The molecular formula is C13H19NO2. The van der Waals surface area contributed by atoms with Crippen molar-refractivity contribution < 1.29 is 9.84 Å². The van der Waals surface area contributed by atoms with E-state index in [1.807, 2.05) is 18.2 Å². The summed E-state index contributed by atoms with van der Waals surface area (Å²) in [5, 5.41) is 9.32. The minimum absolute atomic E-state index is 0.0501. The molecule has 1 aromatic carbocycles. The van der Waals surface area contributed by atoms with Gasteiger partial charge in [0.2, 0.25) is 0 Å². The molecule has 0 heterocycles. The van der Waals surface area contributed by atoms with Gasteiger partial charge in [0.05, 0.1) is 7.11 Å². The van der Waals surface area contributed by atoms with Crippen molar-refractivity contribution in [1.82, 2.24) is 0 Å². The number of hydrogen-bond acceptors (Lipinski definition) is 3. The van der Waals surface area contributed by atoms with Gasteiger partial charge in [-0.3, -0.25) is 0 Å². The number of benzene rings is 1. The first kappa shape index (κ1) is 11.4. The Balaban J connectivity index is 2.11. The molecule has 3 N–H and O–H groups in total. The summed E-state index contributed by atoms with van der Waals surface area (Å²) in [7, 11) is 1.69. The molecule has 0 saturated heterocycles. The van der Waals surface area contributed by atoms with Gasteiger partial charge in [0.25, 0.3) is 0 Å². The van der Waals surface area contributed by atoms with Crippen molar-refractivity contribution >= 4 is 0 Å². The number of nitrogens with two attached hydrogens (primary N) is 1. The van der Waals surface area contributed by atoms with Crippen LogP contribution in [0.2, 0.25) is 0 Å². The molecular weight excluding hydrogens is 202 g/mol. The molecule has 1 aliphatic carbocycles. The Morgan fingerprint density at radius 2 is 2.12 bits per heavy atom. The Hall–Kier alpha value is -1.06. The highest BCUT2D eigenvalue weighted by atomic mass is 16.5. The van der Waals surface area contributed by atoms with E-state index in [0.29, 0.717) is 12.5 Å². The molecule has 88 valence electrons. The molecule has 3 heteroatoms. The number of rotatable bonds is 4. The summed E-state index contributed by atoms with van der Waals surface area (Å²) in [5.74, 6) is 1.42. The molecule has 0 spiro atoms. The van der Waals surface area contributed by atoms with E-state index in [2.05, 4.69) is 6.07 Å². The van der Waals surface area contributed by atoms with E-state index in [1.165, 1.54) is 5.56 Å². The maximum absolute atomic E-state index is 9.32. The van der Waals surface area contributed by atoms with E-state index < -0.39 is 0 Å². The van der Waals surface area contributed by atoms with Gasteiger partial charge in [0, 0.05) is 18.6 Å². The van der Waals surface area contributed by atoms with Crippen LogP contribution in [-0.4, -0.2) is 25.4 Å². The highest BCUT2D eigenvalue weighted by Gasteiger charge is 2.44. The summed E-state index contributed by atoms with van der Waals surface area (Å²) in [6.07, 6.45) is 1.92. The Kier molecular flexibility index (Phi) is 3.17. The molecule has 0 amide bonds. The molecule has 3 nitrogen and oxygen atoms in total. The molecule has 0 aromatic heterocycles. The van der Waals surface area contributed by atoms with Gasteiger partial charge in [-0.15, -0.1) is 0 Å². The van der Waals surface area contributed by atoms with Gasteiger partial charge in [0.1, 0.15) is 5.75 Å². The number of hydrogen-bond donors (Lipinski definition) is 2. The number of ether oxygens (including phenoxy) is 1. The Morgan fingerprint density at radius 1 is 1.44 bits per heavy atom. The standard InChI is InChI=1S/C13H19NO2/c1-16-12-5-3-2-4-11(12)10-6-13(7-10,8-14)9-15/h2-5,10,15H,6-9,14H2,1H3. The molecule has 0 atom stereocenters. The zero-order chi connectivity index (χ0) is 11.6. The van der Waals surface area contributed by atoms with E-state index >= 15 is 0 Å². The van der Waals surface area contributed by atoms with Crippen LogP contribution in [0.4, 0.5) is 0 Å². The van der Waals surface area contributed by atoms with Crippen molar-refractivity contribution in [3.63, 3.8) is 0 Å². The molecule has 0 aliphatic heterocycles. The average Bonchev–Trinajstić information content (AvgIpc) is 2.29. The zero-order valence-corrected chi connectivity index (χ0v) is 9.65. The third-order valence-electron chi connectivity index (χ3n) is 3.71. The lowest BCUT2D eigenvalue weighted by molar-refractivity contribution is 0.0330. The van der Waals surface area contributed by atoms with Crippen LogP contribution in [0.3, 0.4) is 0 Å². The number of methoxy groups -OCH3 is 1. The van der Waals surface area contributed by atoms with Crippen molar-refractivity contribution in [2.45, 2.75) is 18.8 Å². The van der Waals surface area contributed by atoms with Crippen molar-refractivity contribution in [2.24, 2.45) is 11.1 Å². The fourth-order valence-corrected chi connectivity index (χ4v) is 2.57. The van der Waals surface area contributed by atoms with Gasteiger partial charge in [-0.05, 0) is 30.4 Å². The van der Waals surface area contributed by atoms with E-state index in [-0.39, 0.29) is 12.0 Å². The summed E-state index contributed by atoms with van der Waals surface area (Å²) < 4.78 is 5.34. The maximum atomic E-state index is 9.32. The molecule has 0 radical (unpaired) electrons. The highest BCUT2D eigenvalue weighted by Crippen LogP contribution is 2.51. The molecule has 1 aromatic rings. The lowest BCUT2D eigenvalue weighted by Gasteiger charge is -2.46.